The highest BCUT2D eigenvalue weighted by molar-refractivity contribution is 5.81. The van der Waals surface area contributed by atoms with Crippen molar-refractivity contribution in [2.24, 2.45) is 0 Å². The normalized spacial score (nSPS) is 11.1. The van der Waals surface area contributed by atoms with Crippen molar-refractivity contribution >= 4 is 16.7 Å². The number of anilines is 1. The summed E-state index contributed by atoms with van der Waals surface area (Å²) in [7, 11) is 0. The number of rotatable bonds is 3. The highest BCUT2D eigenvalue weighted by Crippen LogP contribution is 2.30. The van der Waals surface area contributed by atoms with Crippen molar-refractivity contribution in [3.63, 3.8) is 0 Å². The second-order valence-electron chi connectivity index (χ2n) is 4.99. The lowest BCUT2D eigenvalue weighted by Crippen LogP contribution is -2.00. The van der Waals surface area contributed by atoms with Crippen LogP contribution in [0.15, 0.2) is 36.4 Å². The number of aromatic hydroxyl groups is 1. The fraction of sp³-hybridized carbons (Fsp3) is 0.188. The van der Waals surface area contributed by atoms with Crippen LogP contribution in [0.25, 0.3) is 22.4 Å². The molecule has 0 atom stereocenters. The number of halogens is 1. The molecule has 1 aromatic heterocycles. The number of aromatic nitrogens is 2. The third kappa shape index (κ3) is 2.31. The zero-order valence-electron chi connectivity index (χ0n) is 11.7. The molecule has 108 valence electrons. The van der Waals surface area contributed by atoms with Gasteiger partial charge in [-0.2, -0.15) is 0 Å². The van der Waals surface area contributed by atoms with Crippen molar-refractivity contribution in [3.05, 3.63) is 42.2 Å². The summed E-state index contributed by atoms with van der Waals surface area (Å²) in [5, 5.41) is 9.78. The van der Waals surface area contributed by atoms with Crippen LogP contribution in [0.3, 0.4) is 0 Å². The molecule has 0 amide bonds. The van der Waals surface area contributed by atoms with Crippen LogP contribution in [0.2, 0.25) is 0 Å². The van der Waals surface area contributed by atoms with Gasteiger partial charge in [0.2, 0.25) is 0 Å². The Hall–Kier alpha value is -2.56. The minimum atomic E-state index is -0.310. The van der Waals surface area contributed by atoms with Crippen LogP contribution in [0.5, 0.6) is 5.75 Å². The van der Waals surface area contributed by atoms with E-state index in [-0.39, 0.29) is 11.6 Å². The van der Waals surface area contributed by atoms with Crippen LogP contribution >= 0.6 is 0 Å². The van der Waals surface area contributed by atoms with Gasteiger partial charge in [-0.25, -0.2) is 9.37 Å². The molecule has 0 fully saturated rings. The lowest BCUT2D eigenvalue weighted by molar-refractivity contribution is 0.478. The minimum Gasteiger partial charge on any atom is -0.506 e. The van der Waals surface area contributed by atoms with Gasteiger partial charge >= 0.3 is 0 Å². The zero-order valence-corrected chi connectivity index (χ0v) is 11.7. The molecule has 2 aromatic carbocycles. The average molecular weight is 285 g/mol. The molecule has 0 saturated carbocycles. The number of imidazole rings is 1. The molecule has 1 heterocycles. The average Bonchev–Trinajstić information content (AvgIpc) is 2.80. The molecule has 0 bridgehead atoms. The molecule has 3 N–H and O–H groups in total. The van der Waals surface area contributed by atoms with Crippen molar-refractivity contribution in [2.45, 2.75) is 19.9 Å². The van der Waals surface area contributed by atoms with Gasteiger partial charge < -0.3 is 15.4 Å². The van der Waals surface area contributed by atoms with Crippen LogP contribution in [-0.2, 0) is 6.54 Å². The van der Waals surface area contributed by atoms with Gasteiger partial charge in [-0.15, -0.1) is 0 Å². The fourth-order valence-electron chi connectivity index (χ4n) is 2.46. The number of hydrogen-bond donors (Lipinski definition) is 2. The maximum atomic E-state index is 13.4. The summed E-state index contributed by atoms with van der Waals surface area (Å²) >= 11 is 0. The second-order valence-corrected chi connectivity index (χ2v) is 4.99. The lowest BCUT2D eigenvalue weighted by atomic mass is 10.2. The molecule has 0 unspecified atom stereocenters. The number of benzene rings is 2. The van der Waals surface area contributed by atoms with E-state index in [0.717, 1.165) is 24.0 Å². The summed E-state index contributed by atoms with van der Waals surface area (Å²) in [5.74, 6) is 0.414. The SMILES string of the molecule is CCCn1c(-c2ccc(N)c(O)c2)nc2cc(F)ccc21. The monoisotopic (exact) mass is 285 g/mol. The highest BCUT2D eigenvalue weighted by atomic mass is 19.1. The molecule has 0 radical (unpaired) electrons. The Morgan fingerprint density at radius 1 is 1.24 bits per heavy atom. The minimum absolute atomic E-state index is 0.0220. The summed E-state index contributed by atoms with van der Waals surface area (Å²) in [6, 6.07) is 9.61. The Bertz CT molecular complexity index is 811. The van der Waals surface area contributed by atoms with E-state index in [2.05, 4.69) is 11.9 Å². The largest absolute Gasteiger partial charge is 0.506 e. The second kappa shape index (κ2) is 5.09. The number of phenols is 1. The first kappa shape index (κ1) is 13.4. The van der Waals surface area contributed by atoms with Crippen molar-refractivity contribution in [1.82, 2.24) is 9.55 Å². The van der Waals surface area contributed by atoms with E-state index in [0.29, 0.717) is 17.0 Å². The van der Waals surface area contributed by atoms with E-state index in [1.54, 1.807) is 24.3 Å². The first-order valence-electron chi connectivity index (χ1n) is 6.85. The third-order valence-corrected chi connectivity index (χ3v) is 3.45. The van der Waals surface area contributed by atoms with Crippen LogP contribution in [0.1, 0.15) is 13.3 Å². The van der Waals surface area contributed by atoms with Gasteiger partial charge in [0.25, 0.3) is 0 Å². The van der Waals surface area contributed by atoms with Gasteiger partial charge in [-0.05, 0) is 36.8 Å². The molecule has 4 nitrogen and oxygen atoms in total. The molecular formula is C16H16FN3O. The van der Waals surface area contributed by atoms with E-state index in [1.165, 1.54) is 12.1 Å². The smallest absolute Gasteiger partial charge is 0.141 e. The summed E-state index contributed by atoms with van der Waals surface area (Å²) in [5.41, 5.74) is 8.20. The molecular weight excluding hydrogens is 269 g/mol. The van der Waals surface area contributed by atoms with E-state index >= 15 is 0 Å². The highest BCUT2D eigenvalue weighted by Gasteiger charge is 2.13. The molecule has 3 aromatic rings. The van der Waals surface area contributed by atoms with Gasteiger partial charge in [-0.3, -0.25) is 0 Å². The molecule has 0 aliphatic heterocycles. The van der Waals surface area contributed by atoms with Gasteiger partial charge in [0, 0.05) is 18.2 Å². The van der Waals surface area contributed by atoms with Crippen LogP contribution in [0.4, 0.5) is 10.1 Å². The molecule has 0 saturated heterocycles. The molecule has 3 rings (SSSR count). The summed E-state index contributed by atoms with van der Waals surface area (Å²) in [4.78, 5) is 4.50. The number of aryl methyl sites for hydroxylation is 1. The van der Waals surface area contributed by atoms with Crippen molar-refractivity contribution < 1.29 is 9.50 Å². The predicted octanol–water partition coefficient (Wildman–Crippen LogP) is 3.54. The van der Waals surface area contributed by atoms with Crippen LogP contribution < -0.4 is 5.73 Å². The Kier molecular flexibility index (Phi) is 3.25. The van der Waals surface area contributed by atoms with Crippen molar-refractivity contribution in [1.29, 1.82) is 0 Å². The molecule has 5 heteroatoms. The van der Waals surface area contributed by atoms with Crippen molar-refractivity contribution in [2.75, 3.05) is 5.73 Å². The Morgan fingerprint density at radius 2 is 2.05 bits per heavy atom. The summed E-state index contributed by atoms with van der Waals surface area (Å²) < 4.78 is 15.4. The Labute approximate surface area is 121 Å². The molecule has 0 aliphatic carbocycles. The maximum absolute atomic E-state index is 13.4. The van der Waals surface area contributed by atoms with E-state index in [9.17, 15) is 9.50 Å². The van der Waals surface area contributed by atoms with Gasteiger partial charge in [0.1, 0.15) is 17.4 Å². The Morgan fingerprint density at radius 3 is 2.76 bits per heavy atom. The summed E-state index contributed by atoms with van der Waals surface area (Å²) in [6.45, 7) is 2.84. The molecule has 21 heavy (non-hydrogen) atoms. The molecule has 0 spiro atoms. The van der Waals surface area contributed by atoms with Gasteiger partial charge in [0.05, 0.1) is 16.7 Å². The van der Waals surface area contributed by atoms with E-state index in [1.807, 2.05) is 4.57 Å². The quantitative estimate of drug-likeness (QED) is 0.571. The van der Waals surface area contributed by atoms with Crippen molar-refractivity contribution in [3.8, 4) is 17.1 Å². The zero-order chi connectivity index (χ0) is 15.0. The number of fused-ring (bicyclic) bond motifs is 1. The molecule has 0 aliphatic rings. The van der Waals surface area contributed by atoms with Gasteiger partial charge in [0.15, 0.2) is 0 Å². The third-order valence-electron chi connectivity index (χ3n) is 3.45. The lowest BCUT2D eigenvalue weighted by Gasteiger charge is -2.08. The van der Waals surface area contributed by atoms with Crippen LogP contribution in [0, 0.1) is 5.82 Å². The van der Waals surface area contributed by atoms with Crippen LogP contribution in [-0.4, -0.2) is 14.7 Å². The first-order valence-corrected chi connectivity index (χ1v) is 6.85. The standard InChI is InChI=1S/C16H16FN3O/c1-2-7-20-14-6-4-11(17)9-13(14)19-16(20)10-3-5-12(18)15(21)8-10/h3-6,8-9,21H,2,7,18H2,1H3. The predicted molar refractivity (Wildman–Crippen MR) is 81.5 cm³/mol. The van der Waals surface area contributed by atoms with E-state index in [4.69, 9.17) is 5.73 Å². The van der Waals surface area contributed by atoms with Gasteiger partial charge in [-0.1, -0.05) is 6.92 Å². The number of nitrogens with two attached hydrogens (primary N) is 1. The topological polar surface area (TPSA) is 64.1 Å². The number of nitrogen functional groups attached to an aromatic ring is 1. The Balaban J connectivity index is 2.24. The number of nitrogens with zero attached hydrogens (tertiary/aromatic N) is 2. The van der Waals surface area contributed by atoms with E-state index < -0.39 is 0 Å². The number of hydrogen-bond acceptors (Lipinski definition) is 3. The summed E-state index contributed by atoms with van der Waals surface area (Å²) in [6.07, 6.45) is 0.927. The fourth-order valence-corrected chi connectivity index (χ4v) is 2.46. The maximum Gasteiger partial charge on any atom is 0.141 e. The number of phenolic OH excluding ortho intramolecular Hbond substituents is 1. The first-order chi connectivity index (χ1) is 10.1.